The summed E-state index contributed by atoms with van der Waals surface area (Å²) in [7, 11) is -3.65. The molecular weight excluding hydrogens is 396 g/mol. The number of anilines is 1. The van der Waals surface area contributed by atoms with Crippen molar-refractivity contribution in [2.75, 3.05) is 17.4 Å². The third kappa shape index (κ3) is 5.27. The van der Waals surface area contributed by atoms with E-state index >= 15 is 0 Å². The van der Waals surface area contributed by atoms with Crippen LogP contribution in [-0.4, -0.2) is 27.4 Å². The molecule has 0 atom stereocenters. The minimum Gasteiger partial charge on any atom is -0.352 e. The normalized spacial score (nSPS) is 11.1. The number of hydrogen-bond donors (Lipinski definition) is 1. The molecule has 0 aliphatic rings. The Kier molecular flexibility index (Phi) is 7.25. The number of rotatable bonds is 9. The predicted octanol–water partition coefficient (Wildman–Crippen LogP) is 4.26. The molecule has 0 aliphatic heterocycles. The average Bonchev–Trinajstić information content (AvgIpc) is 2.78. The van der Waals surface area contributed by atoms with Gasteiger partial charge in [-0.2, -0.15) is 0 Å². The minimum absolute atomic E-state index is 0.163. The lowest BCUT2D eigenvalue weighted by molar-refractivity contribution is 0.0953. The van der Waals surface area contributed by atoms with Crippen molar-refractivity contribution in [2.45, 2.75) is 24.7 Å². The standard InChI is InChI=1S/C24H26N2O3S/c1-2-26(30(28,29)23-13-7-4-8-14-23)22-17-15-21(16-18-22)24(27)25-19-9-12-20-10-5-3-6-11-20/h3-8,10-11,13-18H,2,9,12,19H2,1H3,(H,25,27). The Morgan fingerprint density at radius 2 is 1.47 bits per heavy atom. The average molecular weight is 423 g/mol. The van der Waals surface area contributed by atoms with E-state index in [9.17, 15) is 13.2 Å². The number of carbonyl (C=O) groups is 1. The molecule has 1 amide bonds. The molecule has 156 valence electrons. The van der Waals surface area contributed by atoms with Gasteiger partial charge in [0, 0.05) is 18.7 Å². The van der Waals surface area contributed by atoms with E-state index in [-0.39, 0.29) is 10.8 Å². The highest BCUT2D eigenvalue weighted by molar-refractivity contribution is 7.92. The molecule has 0 fully saturated rings. The molecule has 0 spiro atoms. The molecular formula is C24H26N2O3S. The first-order chi connectivity index (χ1) is 14.5. The fourth-order valence-corrected chi connectivity index (χ4v) is 4.73. The number of amides is 1. The zero-order valence-electron chi connectivity index (χ0n) is 17.0. The molecule has 30 heavy (non-hydrogen) atoms. The van der Waals surface area contributed by atoms with Crippen LogP contribution in [0.3, 0.4) is 0 Å². The Labute approximate surface area is 178 Å². The van der Waals surface area contributed by atoms with Crippen LogP contribution in [0.5, 0.6) is 0 Å². The van der Waals surface area contributed by atoms with Gasteiger partial charge in [0.1, 0.15) is 0 Å². The lowest BCUT2D eigenvalue weighted by Crippen LogP contribution is -2.31. The largest absolute Gasteiger partial charge is 0.352 e. The van der Waals surface area contributed by atoms with E-state index in [1.165, 1.54) is 9.87 Å². The number of sulfonamides is 1. The molecule has 3 aromatic rings. The van der Waals surface area contributed by atoms with Crippen LogP contribution < -0.4 is 9.62 Å². The van der Waals surface area contributed by atoms with Crippen LogP contribution in [0.15, 0.2) is 89.8 Å². The minimum atomic E-state index is -3.65. The Morgan fingerprint density at radius 1 is 0.867 bits per heavy atom. The Hall–Kier alpha value is -3.12. The van der Waals surface area contributed by atoms with E-state index in [0.29, 0.717) is 24.3 Å². The summed E-state index contributed by atoms with van der Waals surface area (Å²) in [4.78, 5) is 12.6. The number of nitrogens with zero attached hydrogens (tertiary/aromatic N) is 1. The van der Waals surface area contributed by atoms with Gasteiger partial charge in [0.2, 0.25) is 0 Å². The molecule has 6 heteroatoms. The molecule has 5 nitrogen and oxygen atoms in total. The fraction of sp³-hybridized carbons (Fsp3) is 0.208. The van der Waals surface area contributed by atoms with Crippen LogP contribution in [0.4, 0.5) is 5.69 Å². The van der Waals surface area contributed by atoms with Gasteiger partial charge in [-0.15, -0.1) is 0 Å². The second kappa shape index (κ2) is 10.1. The Bertz CT molecular complexity index is 1050. The van der Waals surface area contributed by atoms with Crippen LogP contribution in [0.1, 0.15) is 29.3 Å². The predicted molar refractivity (Wildman–Crippen MR) is 120 cm³/mol. The molecule has 3 rings (SSSR count). The summed E-state index contributed by atoms with van der Waals surface area (Å²) in [5.74, 6) is -0.163. The van der Waals surface area contributed by atoms with Gasteiger partial charge < -0.3 is 5.32 Å². The highest BCUT2D eigenvalue weighted by Gasteiger charge is 2.23. The summed E-state index contributed by atoms with van der Waals surface area (Å²) >= 11 is 0. The topological polar surface area (TPSA) is 66.5 Å². The van der Waals surface area contributed by atoms with Crippen molar-refractivity contribution < 1.29 is 13.2 Å². The van der Waals surface area contributed by atoms with Crippen LogP contribution in [-0.2, 0) is 16.4 Å². The first kappa shape index (κ1) is 21.6. The van der Waals surface area contributed by atoms with Crippen LogP contribution in [0, 0.1) is 0 Å². The molecule has 0 aliphatic carbocycles. The first-order valence-electron chi connectivity index (χ1n) is 10.0. The van der Waals surface area contributed by atoms with Crippen LogP contribution >= 0.6 is 0 Å². The first-order valence-corrected chi connectivity index (χ1v) is 11.5. The summed E-state index contributed by atoms with van der Waals surface area (Å²) < 4.78 is 27.2. The second-order valence-corrected chi connectivity index (χ2v) is 8.74. The maximum atomic E-state index is 12.9. The number of aryl methyl sites for hydroxylation is 1. The summed E-state index contributed by atoms with van der Waals surface area (Å²) in [6.45, 7) is 2.66. The van der Waals surface area contributed by atoms with Crippen molar-refractivity contribution in [3.05, 3.63) is 96.1 Å². The summed E-state index contributed by atoms with van der Waals surface area (Å²) in [5.41, 5.74) is 2.28. The SMILES string of the molecule is CCN(c1ccc(C(=O)NCCCc2ccccc2)cc1)S(=O)(=O)c1ccccc1. The molecule has 0 bridgehead atoms. The zero-order valence-corrected chi connectivity index (χ0v) is 17.8. The molecule has 0 heterocycles. The third-order valence-electron chi connectivity index (χ3n) is 4.81. The van der Waals surface area contributed by atoms with E-state index in [0.717, 1.165) is 12.8 Å². The molecule has 0 aromatic heterocycles. The summed E-state index contributed by atoms with van der Waals surface area (Å²) in [6.07, 6.45) is 1.76. The van der Waals surface area contributed by atoms with Crippen molar-refractivity contribution in [3.8, 4) is 0 Å². The van der Waals surface area contributed by atoms with Crippen molar-refractivity contribution in [1.29, 1.82) is 0 Å². The fourth-order valence-electron chi connectivity index (χ4n) is 3.23. The quantitative estimate of drug-likeness (QED) is 0.524. The zero-order chi connectivity index (χ0) is 21.4. The molecule has 0 saturated heterocycles. The van der Waals surface area contributed by atoms with E-state index in [1.807, 2.05) is 18.2 Å². The lowest BCUT2D eigenvalue weighted by Gasteiger charge is -2.23. The maximum Gasteiger partial charge on any atom is 0.264 e. The van der Waals surface area contributed by atoms with Crippen molar-refractivity contribution >= 4 is 21.6 Å². The highest BCUT2D eigenvalue weighted by Crippen LogP contribution is 2.23. The van der Waals surface area contributed by atoms with Crippen LogP contribution in [0.2, 0.25) is 0 Å². The van der Waals surface area contributed by atoms with Gasteiger partial charge in [-0.25, -0.2) is 8.42 Å². The molecule has 0 unspecified atom stereocenters. The van der Waals surface area contributed by atoms with Crippen molar-refractivity contribution in [2.24, 2.45) is 0 Å². The van der Waals surface area contributed by atoms with Gasteiger partial charge in [0.25, 0.3) is 15.9 Å². The van der Waals surface area contributed by atoms with Gasteiger partial charge in [0.05, 0.1) is 10.6 Å². The highest BCUT2D eigenvalue weighted by atomic mass is 32.2. The molecule has 0 radical (unpaired) electrons. The summed E-state index contributed by atoms with van der Waals surface area (Å²) in [5, 5.41) is 2.92. The smallest absolute Gasteiger partial charge is 0.264 e. The molecule has 1 N–H and O–H groups in total. The van der Waals surface area contributed by atoms with E-state index < -0.39 is 10.0 Å². The van der Waals surface area contributed by atoms with Gasteiger partial charge in [-0.1, -0.05) is 48.5 Å². The Morgan fingerprint density at radius 3 is 2.07 bits per heavy atom. The Balaban J connectivity index is 1.61. The van der Waals surface area contributed by atoms with E-state index in [4.69, 9.17) is 0 Å². The molecule has 0 saturated carbocycles. The molecule has 3 aromatic carbocycles. The van der Waals surface area contributed by atoms with Gasteiger partial charge >= 0.3 is 0 Å². The number of carbonyl (C=O) groups excluding carboxylic acids is 1. The number of nitrogens with one attached hydrogen (secondary N) is 1. The van der Waals surface area contributed by atoms with Gasteiger partial charge in [-0.05, 0) is 61.7 Å². The maximum absolute atomic E-state index is 12.9. The number of hydrogen-bond acceptors (Lipinski definition) is 3. The second-order valence-electron chi connectivity index (χ2n) is 6.87. The van der Waals surface area contributed by atoms with Crippen molar-refractivity contribution in [3.63, 3.8) is 0 Å². The van der Waals surface area contributed by atoms with E-state index in [2.05, 4.69) is 17.4 Å². The third-order valence-corrected chi connectivity index (χ3v) is 6.72. The van der Waals surface area contributed by atoms with Gasteiger partial charge in [0.15, 0.2) is 0 Å². The van der Waals surface area contributed by atoms with Crippen molar-refractivity contribution in [1.82, 2.24) is 5.32 Å². The van der Waals surface area contributed by atoms with E-state index in [1.54, 1.807) is 61.5 Å². The lowest BCUT2D eigenvalue weighted by atomic mass is 10.1. The van der Waals surface area contributed by atoms with Gasteiger partial charge in [-0.3, -0.25) is 9.10 Å². The van der Waals surface area contributed by atoms with Crippen LogP contribution in [0.25, 0.3) is 0 Å². The monoisotopic (exact) mass is 422 g/mol. The summed E-state index contributed by atoms with van der Waals surface area (Å²) in [6, 6.07) is 25.1. The number of benzene rings is 3.